The third-order valence-corrected chi connectivity index (χ3v) is 5.63. The Morgan fingerprint density at radius 3 is 2.71 bits per heavy atom. The smallest absolute Gasteiger partial charge is 0.322 e. The lowest BCUT2D eigenvalue weighted by molar-refractivity contribution is 0.103. The van der Waals surface area contributed by atoms with E-state index in [0.717, 1.165) is 28.9 Å². The maximum absolute atomic E-state index is 12.9. The Labute approximate surface area is 186 Å². The molecule has 1 aliphatic heterocycles. The van der Waals surface area contributed by atoms with Gasteiger partial charge in [-0.05, 0) is 29.8 Å². The van der Waals surface area contributed by atoms with Crippen LogP contribution in [0.3, 0.4) is 0 Å². The number of carbonyl (C=O) groups excluding carboxylic acids is 1. The zero-order valence-electron chi connectivity index (χ0n) is 17.6. The maximum Gasteiger partial charge on any atom is 0.322 e. The van der Waals surface area contributed by atoms with E-state index < -0.39 is 0 Å². The van der Waals surface area contributed by atoms with E-state index in [2.05, 4.69) is 10.4 Å². The van der Waals surface area contributed by atoms with Crippen LogP contribution in [-0.4, -0.2) is 34.4 Å². The molecule has 1 aliphatic rings. The lowest BCUT2D eigenvalue weighted by Gasteiger charge is -2.28. The van der Waals surface area contributed by atoms with Gasteiger partial charge in [-0.25, -0.2) is 4.79 Å². The molecule has 0 radical (unpaired) electrons. The molecule has 0 bridgehead atoms. The first kappa shape index (κ1) is 21.2. The van der Waals surface area contributed by atoms with Crippen molar-refractivity contribution in [2.75, 3.05) is 19.0 Å². The van der Waals surface area contributed by atoms with Crippen LogP contribution >= 0.6 is 11.6 Å². The Hall–Kier alpha value is -3.03. The van der Waals surface area contributed by atoms with Gasteiger partial charge in [-0.1, -0.05) is 35.9 Å². The summed E-state index contributed by atoms with van der Waals surface area (Å²) in [5.74, 6) is 0.631. The van der Waals surface area contributed by atoms with E-state index in [1.165, 1.54) is 0 Å². The standard InChI is InChI=1S/C23H25ClN4O3/c1-27-21-11-12-28(23(29)25-19-5-3-4-6-22(19)30-2)13-18(21)20(26-27)15-31-14-16-7-9-17(24)10-8-16/h3-10H,11-15H2,1-2H3,(H,25,29). The molecule has 8 heteroatoms. The number of urea groups is 1. The van der Waals surface area contributed by atoms with E-state index in [1.54, 1.807) is 12.0 Å². The number of benzene rings is 2. The van der Waals surface area contributed by atoms with E-state index >= 15 is 0 Å². The number of anilines is 1. The third kappa shape index (κ3) is 4.84. The molecule has 0 saturated carbocycles. The fourth-order valence-corrected chi connectivity index (χ4v) is 3.87. The molecule has 0 aliphatic carbocycles. The first-order valence-electron chi connectivity index (χ1n) is 10.1. The molecule has 2 amide bonds. The number of aryl methyl sites for hydroxylation is 1. The minimum absolute atomic E-state index is 0.160. The van der Waals surface area contributed by atoms with Gasteiger partial charge in [-0.2, -0.15) is 5.10 Å². The Kier molecular flexibility index (Phi) is 6.44. The quantitative estimate of drug-likeness (QED) is 0.617. The number of amides is 2. The van der Waals surface area contributed by atoms with Crippen LogP contribution in [0.5, 0.6) is 5.75 Å². The van der Waals surface area contributed by atoms with E-state index in [1.807, 2.05) is 60.3 Å². The van der Waals surface area contributed by atoms with Gasteiger partial charge in [-0.3, -0.25) is 4.68 Å². The second-order valence-corrected chi connectivity index (χ2v) is 7.85. The van der Waals surface area contributed by atoms with Crippen molar-refractivity contribution in [2.45, 2.75) is 26.2 Å². The Bertz CT molecular complexity index is 1070. The molecular formula is C23H25ClN4O3. The molecule has 0 saturated heterocycles. The van der Waals surface area contributed by atoms with Crippen molar-refractivity contribution < 1.29 is 14.3 Å². The highest BCUT2D eigenvalue weighted by Crippen LogP contribution is 2.26. The van der Waals surface area contributed by atoms with Gasteiger partial charge in [0.1, 0.15) is 5.75 Å². The summed E-state index contributed by atoms with van der Waals surface area (Å²) >= 11 is 5.93. The fraction of sp³-hybridized carbons (Fsp3) is 0.304. The molecule has 3 aromatic rings. The van der Waals surface area contributed by atoms with Crippen molar-refractivity contribution >= 4 is 23.3 Å². The first-order valence-corrected chi connectivity index (χ1v) is 10.5. The highest BCUT2D eigenvalue weighted by Gasteiger charge is 2.27. The van der Waals surface area contributed by atoms with Crippen molar-refractivity contribution in [1.82, 2.24) is 14.7 Å². The summed E-state index contributed by atoms with van der Waals surface area (Å²) in [5.41, 5.74) is 4.76. The van der Waals surface area contributed by atoms with Crippen LogP contribution in [0.25, 0.3) is 0 Å². The molecule has 0 fully saturated rings. The van der Waals surface area contributed by atoms with Crippen molar-refractivity contribution in [1.29, 1.82) is 0 Å². The topological polar surface area (TPSA) is 68.6 Å². The largest absolute Gasteiger partial charge is 0.495 e. The number of methoxy groups -OCH3 is 1. The average molecular weight is 441 g/mol. The average Bonchev–Trinajstić information content (AvgIpc) is 3.10. The second-order valence-electron chi connectivity index (χ2n) is 7.42. The van der Waals surface area contributed by atoms with E-state index in [4.69, 9.17) is 21.1 Å². The summed E-state index contributed by atoms with van der Waals surface area (Å²) in [6.45, 7) is 1.97. The summed E-state index contributed by atoms with van der Waals surface area (Å²) in [4.78, 5) is 14.7. The summed E-state index contributed by atoms with van der Waals surface area (Å²) < 4.78 is 13.1. The molecule has 31 heavy (non-hydrogen) atoms. The number of aromatic nitrogens is 2. The van der Waals surface area contributed by atoms with E-state index in [-0.39, 0.29) is 6.03 Å². The van der Waals surface area contributed by atoms with E-state index in [9.17, 15) is 4.79 Å². The maximum atomic E-state index is 12.9. The molecule has 0 unspecified atom stereocenters. The third-order valence-electron chi connectivity index (χ3n) is 5.38. The molecule has 4 rings (SSSR count). The summed E-state index contributed by atoms with van der Waals surface area (Å²) in [6.07, 6.45) is 0.745. The van der Waals surface area contributed by atoms with Gasteiger partial charge in [0, 0.05) is 36.3 Å². The number of fused-ring (bicyclic) bond motifs is 1. The second kappa shape index (κ2) is 9.41. The SMILES string of the molecule is COc1ccccc1NC(=O)N1CCc2c(c(COCc3ccc(Cl)cc3)nn2C)C1. The zero-order chi connectivity index (χ0) is 21.8. The number of ether oxygens (including phenoxy) is 2. The normalized spacial score (nSPS) is 13.1. The van der Waals surface area contributed by atoms with Crippen molar-refractivity contribution in [2.24, 2.45) is 7.05 Å². The van der Waals surface area contributed by atoms with Crippen LogP contribution < -0.4 is 10.1 Å². The number of hydrogen-bond donors (Lipinski definition) is 1. The number of carbonyl (C=O) groups is 1. The molecule has 2 heterocycles. The zero-order valence-corrected chi connectivity index (χ0v) is 18.4. The van der Waals surface area contributed by atoms with Crippen molar-refractivity contribution in [3.8, 4) is 5.75 Å². The van der Waals surface area contributed by atoms with Crippen molar-refractivity contribution in [3.05, 3.63) is 76.1 Å². The number of rotatable bonds is 6. The number of hydrogen-bond acceptors (Lipinski definition) is 4. The molecular weight excluding hydrogens is 416 g/mol. The van der Waals surface area contributed by atoms with Crippen LogP contribution in [0.15, 0.2) is 48.5 Å². The van der Waals surface area contributed by atoms with Crippen LogP contribution in [-0.2, 0) is 38.0 Å². The van der Waals surface area contributed by atoms with Crippen LogP contribution in [0, 0.1) is 0 Å². The van der Waals surface area contributed by atoms with Crippen molar-refractivity contribution in [3.63, 3.8) is 0 Å². The van der Waals surface area contributed by atoms with Gasteiger partial charge in [0.05, 0.1) is 38.2 Å². The molecule has 2 aromatic carbocycles. The molecule has 1 aromatic heterocycles. The van der Waals surface area contributed by atoms with Gasteiger partial charge in [0.15, 0.2) is 0 Å². The van der Waals surface area contributed by atoms with Gasteiger partial charge < -0.3 is 19.7 Å². The lowest BCUT2D eigenvalue weighted by Crippen LogP contribution is -2.39. The van der Waals surface area contributed by atoms with E-state index in [0.29, 0.717) is 42.8 Å². The first-order chi connectivity index (χ1) is 15.0. The minimum Gasteiger partial charge on any atom is -0.495 e. The van der Waals surface area contributed by atoms with Crippen LogP contribution in [0.1, 0.15) is 22.5 Å². The van der Waals surface area contributed by atoms with Crippen LogP contribution in [0.4, 0.5) is 10.5 Å². The Morgan fingerprint density at radius 1 is 1.16 bits per heavy atom. The monoisotopic (exact) mass is 440 g/mol. The number of nitrogens with zero attached hydrogens (tertiary/aromatic N) is 3. The predicted molar refractivity (Wildman–Crippen MR) is 119 cm³/mol. The highest BCUT2D eigenvalue weighted by atomic mass is 35.5. The number of nitrogens with one attached hydrogen (secondary N) is 1. The fourth-order valence-electron chi connectivity index (χ4n) is 3.75. The van der Waals surface area contributed by atoms with Gasteiger partial charge >= 0.3 is 6.03 Å². The Morgan fingerprint density at radius 2 is 1.94 bits per heavy atom. The summed E-state index contributed by atoms with van der Waals surface area (Å²) in [7, 11) is 3.52. The molecule has 0 spiro atoms. The van der Waals surface area contributed by atoms with Gasteiger partial charge in [0.2, 0.25) is 0 Å². The molecule has 162 valence electrons. The summed E-state index contributed by atoms with van der Waals surface area (Å²) in [6, 6.07) is 14.8. The van der Waals surface area contributed by atoms with Gasteiger partial charge in [0.25, 0.3) is 0 Å². The van der Waals surface area contributed by atoms with Crippen LogP contribution in [0.2, 0.25) is 5.02 Å². The number of para-hydroxylation sites is 2. The Balaban J connectivity index is 1.42. The molecule has 7 nitrogen and oxygen atoms in total. The predicted octanol–water partition coefficient (Wildman–Crippen LogP) is 4.39. The summed E-state index contributed by atoms with van der Waals surface area (Å²) in [5, 5.41) is 8.29. The lowest BCUT2D eigenvalue weighted by atomic mass is 10.1. The molecule has 1 N–H and O–H groups in total. The highest BCUT2D eigenvalue weighted by molar-refractivity contribution is 6.30. The van der Waals surface area contributed by atoms with Gasteiger partial charge in [-0.15, -0.1) is 0 Å². The number of halogens is 1. The minimum atomic E-state index is -0.160. The molecule has 0 atom stereocenters.